The van der Waals surface area contributed by atoms with Gasteiger partial charge in [0.15, 0.2) is 6.29 Å². The molecule has 5 heteroatoms. The Labute approximate surface area is 56.3 Å². The summed E-state index contributed by atoms with van der Waals surface area (Å²) in [5.74, 6) is 0. The summed E-state index contributed by atoms with van der Waals surface area (Å²) < 4.78 is 35.3. The highest BCUT2D eigenvalue weighted by atomic mass is 19.4. The van der Waals surface area contributed by atoms with Gasteiger partial charge in [-0.25, -0.2) is 0 Å². The number of aliphatic hydroxyl groups is 2. The van der Waals surface area contributed by atoms with E-state index >= 15 is 0 Å². The largest absolute Gasteiger partial charge is 0.398 e. The summed E-state index contributed by atoms with van der Waals surface area (Å²) in [6.07, 6.45) is -6.95. The number of aliphatic hydroxyl groups excluding tert-OH is 1. The average molecular weight is 158 g/mol. The standard InChI is InChI=1S/C5H9F3O2/c1-4(2,3(9)10)5(6,7)8/h3,9-10H,1-2H3. The van der Waals surface area contributed by atoms with Crippen molar-refractivity contribution >= 4 is 0 Å². The Bertz CT molecular complexity index is 117. The molecule has 0 spiro atoms. The van der Waals surface area contributed by atoms with Gasteiger partial charge in [0, 0.05) is 0 Å². The van der Waals surface area contributed by atoms with Crippen LogP contribution in [0.5, 0.6) is 0 Å². The van der Waals surface area contributed by atoms with Crippen LogP contribution in [0, 0.1) is 5.41 Å². The van der Waals surface area contributed by atoms with Gasteiger partial charge in [-0.2, -0.15) is 13.2 Å². The summed E-state index contributed by atoms with van der Waals surface area (Å²) >= 11 is 0. The quantitative estimate of drug-likeness (QED) is 0.556. The van der Waals surface area contributed by atoms with Crippen molar-refractivity contribution < 1.29 is 23.4 Å². The monoisotopic (exact) mass is 158 g/mol. The summed E-state index contributed by atoms with van der Waals surface area (Å²) in [5, 5.41) is 16.5. The molecule has 0 bridgehead atoms. The molecule has 0 aromatic heterocycles. The smallest absolute Gasteiger partial charge is 0.367 e. The van der Waals surface area contributed by atoms with Crippen molar-refractivity contribution in [3.8, 4) is 0 Å². The minimum absolute atomic E-state index is 0.720. The molecule has 0 aromatic carbocycles. The Morgan fingerprint density at radius 2 is 1.40 bits per heavy atom. The molecule has 0 aromatic rings. The molecule has 0 aliphatic rings. The van der Waals surface area contributed by atoms with Crippen LogP contribution in [0.2, 0.25) is 0 Å². The molecule has 0 aliphatic heterocycles. The molecule has 2 N–H and O–H groups in total. The van der Waals surface area contributed by atoms with Crippen molar-refractivity contribution in [3.63, 3.8) is 0 Å². The van der Waals surface area contributed by atoms with Crippen molar-refractivity contribution in [1.82, 2.24) is 0 Å². The molecule has 0 radical (unpaired) electrons. The highest BCUT2D eigenvalue weighted by Crippen LogP contribution is 2.39. The number of rotatable bonds is 1. The molecule has 0 rings (SSSR count). The Hall–Kier alpha value is -0.290. The van der Waals surface area contributed by atoms with E-state index in [9.17, 15) is 13.2 Å². The second-order valence-corrected chi connectivity index (χ2v) is 2.59. The zero-order chi connectivity index (χ0) is 8.58. The van der Waals surface area contributed by atoms with Gasteiger partial charge in [0.25, 0.3) is 0 Å². The van der Waals surface area contributed by atoms with E-state index in [2.05, 4.69) is 0 Å². The van der Waals surface area contributed by atoms with Crippen LogP contribution < -0.4 is 0 Å². The fourth-order valence-electron chi connectivity index (χ4n) is 0.146. The van der Waals surface area contributed by atoms with Crippen LogP contribution in [0.1, 0.15) is 13.8 Å². The summed E-state index contributed by atoms with van der Waals surface area (Å²) in [6.45, 7) is 1.44. The van der Waals surface area contributed by atoms with Crippen LogP contribution in [0.25, 0.3) is 0 Å². The zero-order valence-electron chi connectivity index (χ0n) is 5.61. The first-order valence-electron chi connectivity index (χ1n) is 2.62. The number of hydrogen-bond acceptors (Lipinski definition) is 2. The molecule has 10 heavy (non-hydrogen) atoms. The predicted octanol–water partition coefficient (Wildman–Crippen LogP) is 0.886. The molecule has 0 heterocycles. The Balaban J connectivity index is 4.40. The predicted molar refractivity (Wildman–Crippen MR) is 28.1 cm³/mol. The van der Waals surface area contributed by atoms with Gasteiger partial charge in [-0.1, -0.05) is 0 Å². The third-order valence-electron chi connectivity index (χ3n) is 1.38. The van der Waals surface area contributed by atoms with Gasteiger partial charge in [-0.05, 0) is 13.8 Å². The van der Waals surface area contributed by atoms with Gasteiger partial charge in [0.05, 0.1) is 0 Å². The summed E-state index contributed by atoms with van der Waals surface area (Å²) in [6, 6.07) is 0. The van der Waals surface area contributed by atoms with E-state index in [-0.39, 0.29) is 0 Å². The van der Waals surface area contributed by atoms with Crippen molar-refractivity contribution in [2.24, 2.45) is 5.41 Å². The lowest BCUT2D eigenvalue weighted by Crippen LogP contribution is -2.42. The molecule has 0 unspecified atom stereocenters. The maximum absolute atomic E-state index is 11.8. The van der Waals surface area contributed by atoms with Gasteiger partial charge < -0.3 is 10.2 Å². The third kappa shape index (κ3) is 1.60. The van der Waals surface area contributed by atoms with Crippen LogP contribution >= 0.6 is 0 Å². The molecule has 62 valence electrons. The van der Waals surface area contributed by atoms with Crippen molar-refractivity contribution in [1.29, 1.82) is 0 Å². The number of halogens is 3. The molecule has 0 fully saturated rings. The van der Waals surface area contributed by atoms with Crippen LogP contribution in [0.4, 0.5) is 13.2 Å². The average Bonchev–Trinajstić information content (AvgIpc) is 1.62. The van der Waals surface area contributed by atoms with E-state index in [1.54, 1.807) is 0 Å². The third-order valence-corrected chi connectivity index (χ3v) is 1.38. The Morgan fingerprint density at radius 3 is 1.40 bits per heavy atom. The molecule has 0 saturated carbocycles. The number of hydrogen-bond donors (Lipinski definition) is 2. The lowest BCUT2D eigenvalue weighted by molar-refractivity contribution is -0.281. The van der Waals surface area contributed by atoms with Crippen LogP contribution in [0.3, 0.4) is 0 Å². The van der Waals surface area contributed by atoms with E-state index < -0.39 is 17.9 Å². The topological polar surface area (TPSA) is 40.5 Å². The molecule has 0 amide bonds. The van der Waals surface area contributed by atoms with Gasteiger partial charge in [-0.15, -0.1) is 0 Å². The maximum Gasteiger partial charge on any atom is 0.398 e. The van der Waals surface area contributed by atoms with E-state index in [1.165, 1.54) is 0 Å². The SMILES string of the molecule is CC(C)(C(O)O)C(F)(F)F. The summed E-state index contributed by atoms with van der Waals surface area (Å²) in [7, 11) is 0. The van der Waals surface area contributed by atoms with Gasteiger partial charge in [0.2, 0.25) is 0 Å². The Morgan fingerprint density at radius 1 is 1.10 bits per heavy atom. The Kier molecular flexibility index (Phi) is 2.32. The molecule has 0 atom stereocenters. The lowest BCUT2D eigenvalue weighted by atomic mass is 9.92. The first-order valence-corrected chi connectivity index (χ1v) is 2.62. The van der Waals surface area contributed by atoms with Crippen molar-refractivity contribution in [2.75, 3.05) is 0 Å². The van der Waals surface area contributed by atoms with Crippen molar-refractivity contribution in [3.05, 3.63) is 0 Å². The summed E-state index contributed by atoms with van der Waals surface area (Å²) in [4.78, 5) is 0. The second kappa shape index (κ2) is 2.39. The highest BCUT2D eigenvalue weighted by Gasteiger charge is 2.51. The van der Waals surface area contributed by atoms with Crippen LogP contribution in [-0.4, -0.2) is 22.7 Å². The fraction of sp³-hybridized carbons (Fsp3) is 1.00. The molecular formula is C5H9F3O2. The molecule has 0 aliphatic carbocycles. The van der Waals surface area contributed by atoms with Gasteiger partial charge in [0.1, 0.15) is 5.41 Å². The van der Waals surface area contributed by atoms with Gasteiger partial charge in [-0.3, -0.25) is 0 Å². The summed E-state index contributed by atoms with van der Waals surface area (Å²) in [5.41, 5.74) is -2.45. The normalized spacial score (nSPS) is 14.4. The first-order chi connectivity index (χ1) is 4.19. The van der Waals surface area contributed by atoms with E-state index in [1.807, 2.05) is 0 Å². The highest BCUT2D eigenvalue weighted by molar-refractivity contribution is 4.78. The first kappa shape index (κ1) is 9.71. The minimum atomic E-state index is -4.58. The van der Waals surface area contributed by atoms with Gasteiger partial charge >= 0.3 is 6.18 Å². The second-order valence-electron chi connectivity index (χ2n) is 2.59. The fourth-order valence-corrected chi connectivity index (χ4v) is 0.146. The minimum Gasteiger partial charge on any atom is -0.367 e. The molecule has 0 saturated heterocycles. The molecular weight excluding hydrogens is 149 g/mol. The molecule has 2 nitrogen and oxygen atoms in total. The van der Waals surface area contributed by atoms with Crippen molar-refractivity contribution in [2.45, 2.75) is 26.3 Å². The maximum atomic E-state index is 11.8. The number of alkyl halides is 3. The van der Waals surface area contributed by atoms with E-state index in [0.29, 0.717) is 0 Å². The lowest BCUT2D eigenvalue weighted by Gasteiger charge is -2.28. The van der Waals surface area contributed by atoms with E-state index in [0.717, 1.165) is 13.8 Å². The van der Waals surface area contributed by atoms with Crippen LogP contribution in [-0.2, 0) is 0 Å². The zero-order valence-corrected chi connectivity index (χ0v) is 5.61. The van der Waals surface area contributed by atoms with Crippen LogP contribution in [0.15, 0.2) is 0 Å². The van der Waals surface area contributed by atoms with E-state index in [4.69, 9.17) is 10.2 Å².